The van der Waals surface area contributed by atoms with E-state index in [4.69, 9.17) is 0 Å². The Morgan fingerprint density at radius 3 is 2.50 bits per heavy atom. The van der Waals surface area contributed by atoms with Crippen LogP contribution >= 0.6 is 22.6 Å². The molecule has 2 nitrogen and oxygen atoms in total. The van der Waals surface area contributed by atoms with Gasteiger partial charge in [0.2, 0.25) is 0 Å². The summed E-state index contributed by atoms with van der Waals surface area (Å²) in [6.07, 6.45) is 5.51. The zero-order valence-corrected chi connectivity index (χ0v) is 13.6. The van der Waals surface area contributed by atoms with E-state index in [2.05, 4.69) is 66.0 Å². The van der Waals surface area contributed by atoms with Gasteiger partial charge in [-0.25, -0.2) is 0 Å². The molecule has 1 N–H and O–H groups in total. The third-order valence-electron chi connectivity index (χ3n) is 2.72. The minimum absolute atomic E-state index is 0.0564. The summed E-state index contributed by atoms with van der Waals surface area (Å²) in [5.41, 5.74) is 2.96. The van der Waals surface area contributed by atoms with Gasteiger partial charge in [-0.15, -0.1) is 0 Å². The van der Waals surface area contributed by atoms with Crippen molar-refractivity contribution in [3.8, 4) is 0 Å². The van der Waals surface area contributed by atoms with Crippen molar-refractivity contribution in [2.45, 2.75) is 37.7 Å². The smallest absolute Gasteiger partial charge is 0.0929 e. The predicted molar refractivity (Wildman–Crippen MR) is 81.9 cm³/mol. The van der Waals surface area contributed by atoms with E-state index in [-0.39, 0.29) is 3.55 Å². The van der Waals surface area contributed by atoms with E-state index in [1.54, 1.807) is 0 Å². The highest BCUT2D eigenvalue weighted by Crippen LogP contribution is 2.31. The first-order valence-electron chi connectivity index (χ1n) is 6.00. The molecule has 0 aliphatic carbocycles. The quantitative estimate of drug-likeness (QED) is 0.482. The molecule has 0 spiro atoms. The summed E-state index contributed by atoms with van der Waals surface area (Å²) in [4.78, 5) is 2.23. The number of hydrogen-bond acceptors (Lipinski definition) is 2. The maximum Gasteiger partial charge on any atom is 0.0929 e. The van der Waals surface area contributed by atoms with Crippen molar-refractivity contribution in [1.29, 1.82) is 0 Å². The van der Waals surface area contributed by atoms with Gasteiger partial charge in [0.05, 0.1) is 3.55 Å². The number of alkyl halides is 1. The minimum Gasteiger partial charge on any atom is -0.376 e. The van der Waals surface area contributed by atoms with Gasteiger partial charge in [0.15, 0.2) is 0 Å². The second-order valence-corrected chi connectivity index (χ2v) is 6.01. The Balaban J connectivity index is 0.00000106. The Morgan fingerprint density at radius 1 is 1.50 bits per heavy atom. The van der Waals surface area contributed by atoms with Crippen LogP contribution in [0.2, 0.25) is 0 Å². The van der Waals surface area contributed by atoms with Crippen LogP contribution in [0.15, 0.2) is 23.4 Å². The van der Waals surface area contributed by atoms with E-state index in [1.165, 1.54) is 11.1 Å². The average molecular weight is 336 g/mol. The van der Waals surface area contributed by atoms with Gasteiger partial charge < -0.3 is 10.2 Å². The molecule has 0 saturated heterocycles. The Labute approximate surface area is 114 Å². The predicted octanol–water partition coefficient (Wildman–Crippen LogP) is 3.55. The molecule has 0 saturated carbocycles. The third kappa shape index (κ3) is 4.09. The van der Waals surface area contributed by atoms with Crippen LogP contribution in [0.5, 0.6) is 0 Å². The van der Waals surface area contributed by atoms with Crippen molar-refractivity contribution in [3.05, 3.63) is 23.4 Å². The molecular formula is C13H25IN2. The first-order valence-corrected chi connectivity index (χ1v) is 7.08. The fourth-order valence-corrected chi connectivity index (χ4v) is 2.25. The topological polar surface area (TPSA) is 15.3 Å². The van der Waals surface area contributed by atoms with Crippen molar-refractivity contribution in [2.75, 3.05) is 20.6 Å². The maximum atomic E-state index is 3.35. The van der Waals surface area contributed by atoms with E-state index in [9.17, 15) is 0 Å². The zero-order chi connectivity index (χ0) is 12.8. The van der Waals surface area contributed by atoms with Crippen LogP contribution in [0.1, 0.15) is 34.1 Å². The minimum atomic E-state index is 0.0564. The van der Waals surface area contributed by atoms with E-state index in [1.807, 2.05) is 20.9 Å². The molecule has 0 amide bonds. The fourth-order valence-electron chi connectivity index (χ4n) is 1.68. The summed E-state index contributed by atoms with van der Waals surface area (Å²) < 4.78 is 0.0564. The van der Waals surface area contributed by atoms with Crippen LogP contribution < -0.4 is 5.32 Å². The molecule has 1 aliphatic heterocycles. The fraction of sp³-hybridized carbons (Fsp3) is 0.692. The molecule has 0 aromatic rings. The van der Waals surface area contributed by atoms with E-state index in [0.717, 1.165) is 13.0 Å². The van der Waals surface area contributed by atoms with Crippen molar-refractivity contribution < 1.29 is 0 Å². The van der Waals surface area contributed by atoms with Crippen molar-refractivity contribution in [3.63, 3.8) is 0 Å². The average Bonchev–Trinajstić information content (AvgIpc) is 2.31. The van der Waals surface area contributed by atoms with Gasteiger partial charge in [0.1, 0.15) is 0 Å². The van der Waals surface area contributed by atoms with Gasteiger partial charge in [-0.2, -0.15) is 0 Å². The summed E-state index contributed by atoms with van der Waals surface area (Å²) in [5.74, 6) is 0. The molecule has 0 aromatic carbocycles. The van der Waals surface area contributed by atoms with Crippen LogP contribution in [0.25, 0.3) is 0 Å². The van der Waals surface area contributed by atoms with Gasteiger partial charge in [-0.1, -0.05) is 43.4 Å². The number of nitrogens with zero attached hydrogens (tertiary/aromatic N) is 1. The van der Waals surface area contributed by atoms with Crippen molar-refractivity contribution >= 4 is 22.6 Å². The lowest BCUT2D eigenvalue weighted by molar-refractivity contribution is 0.473. The third-order valence-corrected chi connectivity index (χ3v) is 3.84. The standard InChI is InChI=1S/C11H19IN2.C2H6/c1-5-9-8-14(4)7-6-10(9)11(2,12)13-3;1-2/h6-7,13H,5,8H2,1-4H3;1-2H3. The second kappa shape index (κ2) is 7.33. The normalized spacial score (nSPS) is 19.1. The first-order chi connectivity index (χ1) is 7.51. The highest BCUT2D eigenvalue weighted by Gasteiger charge is 2.25. The highest BCUT2D eigenvalue weighted by atomic mass is 127. The molecule has 1 aliphatic rings. The molecular weight excluding hydrogens is 311 g/mol. The van der Waals surface area contributed by atoms with Gasteiger partial charge >= 0.3 is 0 Å². The molecule has 0 radical (unpaired) electrons. The summed E-state index contributed by atoms with van der Waals surface area (Å²) >= 11 is 2.47. The first kappa shape index (κ1) is 16.0. The highest BCUT2D eigenvalue weighted by molar-refractivity contribution is 14.1. The molecule has 3 heteroatoms. The van der Waals surface area contributed by atoms with Crippen molar-refractivity contribution in [1.82, 2.24) is 10.2 Å². The van der Waals surface area contributed by atoms with Gasteiger partial charge in [0.25, 0.3) is 0 Å². The summed E-state index contributed by atoms with van der Waals surface area (Å²) in [6, 6.07) is 0. The van der Waals surface area contributed by atoms with Crippen molar-refractivity contribution in [2.24, 2.45) is 0 Å². The molecule has 16 heavy (non-hydrogen) atoms. The lowest BCUT2D eigenvalue weighted by Gasteiger charge is -2.31. The summed E-state index contributed by atoms with van der Waals surface area (Å²) in [5, 5.41) is 3.35. The van der Waals surface area contributed by atoms with Crippen LogP contribution in [-0.2, 0) is 0 Å². The molecule has 94 valence electrons. The van der Waals surface area contributed by atoms with Gasteiger partial charge in [0, 0.05) is 13.6 Å². The van der Waals surface area contributed by atoms with E-state index >= 15 is 0 Å². The number of halogens is 1. The van der Waals surface area contributed by atoms with Gasteiger partial charge in [-0.05, 0) is 43.8 Å². The monoisotopic (exact) mass is 336 g/mol. The van der Waals surface area contributed by atoms with Crippen LogP contribution in [0.3, 0.4) is 0 Å². The Kier molecular flexibility index (Phi) is 7.31. The molecule has 1 heterocycles. The van der Waals surface area contributed by atoms with Crippen LogP contribution in [0.4, 0.5) is 0 Å². The zero-order valence-electron chi connectivity index (χ0n) is 11.4. The SMILES string of the molecule is CC.CCC1=C(C(C)(I)NC)C=CN(C)C1. The number of likely N-dealkylation sites (N-methyl/N-ethyl adjacent to an activating group) is 2. The lowest BCUT2D eigenvalue weighted by atomic mass is 9.97. The lowest BCUT2D eigenvalue weighted by Crippen LogP contribution is -2.37. The molecule has 0 bridgehead atoms. The Hall–Kier alpha value is -0.0300. The number of rotatable bonds is 3. The van der Waals surface area contributed by atoms with Crippen LogP contribution in [0, 0.1) is 0 Å². The Morgan fingerprint density at radius 2 is 2.06 bits per heavy atom. The largest absolute Gasteiger partial charge is 0.376 e. The number of nitrogens with one attached hydrogen (secondary N) is 1. The maximum absolute atomic E-state index is 3.35. The molecule has 1 rings (SSSR count). The van der Waals surface area contributed by atoms with Gasteiger partial charge in [-0.3, -0.25) is 0 Å². The van der Waals surface area contributed by atoms with Crippen LogP contribution in [-0.4, -0.2) is 29.1 Å². The molecule has 1 unspecified atom stereocenters. The van der Waals surface area contributed by atoms with E-state index in [0.29, 0.717) is 0 Å². The molecule has 0 aromatic heterocycles. The Bertz CT molecular complexity index is 267. The molecule has 0 fully saturated rings. The summed E-state index contributed by atoms with van der Waals surface area (Å²) in [6.45, 7) is 9.50. The second-order valence-electron chi connectivity index (χ2n) is 3.85. The number of hydrogen-bond donors (Lipinski definition) is 1. The summed E-state index contributed by atoms with van der Waals surface area (Å²) in [7, 11) is 4.13. The van der Waals surface area contributed by atoms with E-state index < -0.39 is 0 Å². The molecule has 1 atom stereocenters.